The van der Waals surface area contributed by atoms with Gasteiger partial charge in [-0.2, -0.15) is 0 Å². The van der Waals surface area contributed by atoms with Gasteiger partial charge in [0, 0.05) is 46.9 Å². The molecule has 1 fully saturated rings. The fourth-order valence-electron chi connectivity index (χ4n) is 3.43. The Morgan fingerprint density at radius 3 is 2.73 bits per heavy atom. The number of aromatic nitrogens is 2. The number of nitrogens with one attached hydrogen (secondary N) is 1. The molecule has 1 aliphatic heterocycles. The van der Waals surface area contributed by atoms with Gasteiger partial charge in [0.1, 0.15) is 11.1 Å². The summed E-state index contributed by atoms with van der Waals surface area (Å²) in [4.78, 5) is 23.1. The fraction of sp³-hybridized carbons (Fsp3) is 0.348. The zero-order valence-corrected chi connectivity index (χ0v) is 19.2. The third-order valence-corrected chi connectivity index (χ3v) is 6.00. The molecule has 1 aliphatic rings. The van der Waals surface area contributed by atoms with Crippen LogP contribution in [0.3, 0.4) is 0 Å². The van der Waals surface area contributed by atoms with Crippen LogP contribution in [-0.4, -0.2) is 39.7 Å². The van der Waals surface area contributed by atoms with E-state index in [1.54, 1.807) is 11.1 Å². The highest BCUT2D eigenvalue weighted by atomic mass is 79.9. The Morgan fingerprint density at radius 2 is 2.00 bits per heavy atom. The van der Waals surface area contributed by atoms with Crippen molar-refractivity contribution in [3.05, 3.63) is 58.3 Å². The van der Waals surface area contributed by atoms with Crippen molar-refractivity contribution in [1.82, 2.24) is 14.9 Å². The van der Waals surface area contributed by atoms with Crippen LogP contribution in [0.5, 0.6) is 0 Å². The molecule has 1 aromatic carbocycles. The van der Waals surface area contributed by atoms with Gasteiger partial charge in [0.2, 0.25) is 0 Å². The molecule has 0 aliphatic carbocycles. The molecule has 0 saturated carbocycles. The zero-order valence-electron chi connectivity index (χ0n) is 17.6. The molecule has 0 unspecified atom stereocenters. The highest BCUT2D eigenvalue weighted by molar-refractivity contribution is 9.10. The van der Waals surface area contributed by atoms with Crippen LogP contribution >= 0.6 is 15.9 Å². The van der Waals surface area contributed by atoms with Crippen LogP contribution in [0.15, 0.2) is 47.2 Å². The van der Waals surface area contributed by atoms with Crippen LogP contribution in [0, 0.1) is 6.92 Å². The Kier molecular flexibility index (Phi) is 5.40. The second kappa shape index (κ2) is 7.87. The molecule has 0 bridgehead atoms. The van der Waals surface area contributed by atoms with Gasteiger partial charge in [0.15, 0.2) is 5.82 Å². The Hall–Kier alpha value is -2.67. The third kappa shape index (κ3) is 4.26. The average Bonchev–Trinajstić information content (AvgIpc) is 2.63. The van der Waals surface area contributed by atoms with Crippen LogP contribution in [-0.2, 0) is 4.74 Å². The number of hydrogen-bond donors (Lipinski definition) is 1. The first-order valence-electron chi connectivity index (χ1n) is 9.96. The van der Waals surface area contributed by atoms with E-state index in [1.807, 2.05) is 51.2 Å². The summed E-state index contributed by atoms with van der Waals surface area (Å²) in [7, 11) is 0. The van der Waals surface area contributed by atoms with Gasteiger partial charge in [-0.15, -0.1) is 0 Å². The van der Waals surface area contributed by atoms with E-state index in [9.17, 15) is 4.79 Å². The van der Waals surface area contributed by atoms with Crippen molar-refractivity contribution in [2.75, 3.05) is 18.4 Å². The van der Waals surface area contributed by atoms with Gasteiger partial charge >= 0.3 is 6.09 Å². The molecule has 1 saturated heterocycles. The standard InChI is InChI=1S/C23H25BrN4O2/c1-14-18(24)6-5-7-19(14)27-21-20-15(8-9-25-21)10-16(11-26-20)17-12-28(13-17)22(29)30-23(2,3)4/h5-11,17H,12-13H2,1-4H3,(H,25,27). The molecule has 6 nitrogen and oxygen atoms in total. The smallest absolute Gasteiger partial charge is 0.410 e. The molecule has 0 atom stereocenters. The van der Waals surface area contributed by atoms with Gasteiger partial charge in [-0.3, -0.25) is 4.98 Å². The number of nitrogens with zero attached hydrogens (tertiary/aromatic N) is 3. The second-order valence-electron chi connectivity index (χ2n) is 8.62. The highest BCUT2D eigenvalue weighted by Crippen LogP contribution is 2.32. The quantitative estimate of drug-likeness (QED) is 0.527. The molecule has 4 rings (SSSR count). The minimum atomic E-state index is -0.476. The van der Waals surface area contributed by atoms with E-state index in [-0.39, 0.29) is 12.0 Å². The second-order valence-corrected chi connectivity index (χ2v) is 9.47. The lowest BCUT2D eigenvalue weighted by Gasteiger charge is -2.39. The van der Waals surface area contributed by atoms with E-state index in [1.165, 1.54) is 0 Å². The summed E-state index contributed by atoms with van der Waals surface area (Å²) in [6, 6.07) is 10.1. The Bertz CT molecular complexity index is 1100. The molecule has 30 heavy (non-hydrogen) atoms. The normalized spacial score (nSPS) is 14.5. The van der Waals surface area contributed by atoms with Gasteiger partial charge in [0.05, 0.1) is 0 Å². The molecule has 1 N–H and O–H groups in total. The van der Waals surface area contributed by atoms with Crippen molar-refractivity contribution in [3.63, 3.8) is 0 Å². The van der Waals surface area contributed by atoms with Gasteiger partial charge in [-0.25, -0.2) is 9.78 Å². The molecular weight excluding hydrogens is 444 g/mol. The van der Waals surface area contributed by atoms with Crippen LogP contribution in [0.25, 0.3) is 10.9 Å². The maximum atomic E-state index is 12.2. The topological polar surface area (TPSA) is 67.4 Å². The number of rotatable bonds is 3. The van der Waals surface area contributed by atoms with Crippen LogP contribution in [0.2, 0.25) is 0 Å². The fourth-order valence-corrected chi connectivity index (χ4v) is 3.79. The van der Waals surface area contributed by atoms with Crippen molar-refractivity contribution in [2.45, 2.75) is 39.2 Å². The lowest BCUT2D eigenvalue weighted by molar-refractivity contribution is 0.00818. The first-order chi connectivity index (χ1) is 14.2. The molecule has 0 spiro atoms. The summed E-state index contributed by atoms with van der Waals surface area (Å²) in [5.41, 5.74) is 3.57. The number of pyridine rings is 2. The van der Waals surface area contributed by atoms with E-state index in [0.29, 0.717) is 13.1 Å². The minimum absolute atomic E-state index is 0.257. The van der Waals surface area contributed by atoms with Gasteiger partial charge in [-0.1, -0.05) is 22.0 Å². The predicted octanol–water partition coefficient (Wildman–Crippen LogP) is 5.78. The van der Waals surface area contributed by atoms with Crippen molar-refractivity contribution in [2.24, 2.45) is 0 Å². The summed E-state index contributed by atoms with van der Waals surface area (Å²) in [5.74, 6) is 0.996. The summed E-state index contributed by atoms with van der Waals surface area (Å²) >= 11 is 3.57. The number of amides is 1. The summed E-state index contributed by atoms with van der Waals surface area (Å²) in [6.45, 7) is 8.99. The summed E-state index contributed by atoms with van der Waals surface area (Å²) in [5, 5.41) is 4.42. The van der Waals surface area contributed by atoms with Crippen molar-refractivity contribution >= 4 is 44.4 Å². The van der Waals surface area contributed by atoms with Crippen LogP contribution < -0.4 is 5.32 Å². The number of likely N-dealkylation sites (tertiary alicyclic amines) is 1. The molecule has 7 heteroatoms. The van der Waals surface area contributed by atoms with E-state index in [4.69, 9.17) is 9.72 Å². The monoisotopic (exact) mass is 468 g/mol. The molecule has 2 aromatic heterocycles. The molecular formula is C23H25BrN4O2. The lowest BCUT2D eigenvalue weighted by atomic mass is 9.92. The minimum Gasteiger partial charge on any atom is -0.444 e. The largest absolute Gasteiger partial charge is 0.444 e. The van der Waals surface area contributed by atoms with Gasteiger partial charge in [-0.05, 0) is 63.1 Å². The third-order valence-electron chi connectivity index (χ3n) is 5.15. The number of hydrogen-bond acceptors (Lipinski definition) is 5. The van der Waals surface area contributed by atoms with Crippen LogP contribution in [0.1, 0.15) is 37.8 Å². The molecule has 3 aromatic rings. The van der Waals surface area contributed by atoms with Crippen LogP contribution in [0.4, 0.5) is 16.3 Å². The van der Waals surface area contributed by atoms with E-state index in [2.05, 4.69) is 39.2 Å². The molecule has 0 radical (unpaired) electrons. The maximum absolute atomic E-state index is 12.2. The zero-order chi connectivity index (χ0) is 21.5. The maximum Gasteiger partial charge on any atom is 0.410 e. The first-order valence-corrected chi connectivity index (χ1v) is 10.8. The van der Waals surface area contributed by atoms with Crippen molar-refractivity contribution < 1.29 is 9.53 Å². The molecule has 156 valence electrons. The number of anilines is 2. The number of carbonyl (C=O) groups is 1. The molecule has 3 heterocycles. The van der Waals surface area contributed by atoms with E-state index >= 15 is 0 Å². The van der Waals surface area contributed by atoms with Gasteiger partial charge in [0.25, 0.3) is 0 Å². The number of benzene rings is 1. The van der Waals surface area contributed by atoms with E-state index in [0.717, 1.165) is 38.0 Å². The molecule has 1 amide bonds. The SMILES string of the molecule is Cc1c(Br)cccc1Nc1nccc2cc(C3CN(C(=O)OC(C)(C)C)C3)cnc12. The summed E-state index contributed by atoms with van der Waals surface area (Å²) in [6.07, 6.45) is 3.42. The Balaban J connectivity index is 1.51. The summed E-state index contributed by atoms with van der Waals surface area (Å²) < 4.78 is 6.48. The Labute approximate surface area is 184 Å². The van der Waals surface area contributed by atoms with Crippen molar-refractivity contribution in [1.29, 1.82) is 0 Å². The lowest BCUT2D eigenvalue weighted by Crippen LogP contribution is -2.50. The number of halogens is 1. The van der Waals surface area contributed by atoms with Crippen molar-refractivity contribution in [3.8, 4) is 0 Å². The Morgan fingerprint density at radius 1 is 1.23 bits per heavy atom. The average molecular weight is 469 g/mol. The van der Waals surface area contributed by atoms with E-state index < -0.39 is 5.60 Å². The number of fused-ring (bicyclic) bond motifs is 1. The first kappa shape index (κ1) is 20.6. The van der Waals surface area contributed by atoms with Gasteiger partial charge < -0.3 is 15.0 Å². The number of ether oxygens (including phenoxy) is 1. The number of carbonyl (C=O) groups excluding carboxylic acids is 1. The predicted molar refractivity (Wildman–Crippen MR) is 122 cm³/mol. The highest BCUT2D eigenvalue weighted by Gasteiger charge is 2.34.